The Morgan fingerprint density at radius 3 is 1.14 bits per heavy atom. The molecule has 0 aliphatic carbocycles. The summed E-state index contributed by atoms with van der Waals surface area (Å²) in [6, 6.07) is 12.3. The second-order valence-electron chi connectivity index (χ2n) is 4.93. The van der Waals surface area contributed by atoms with Crippen LogP contribution in [0.3, 0.4) is 0 Å². The predicted molar refractivity (Wildman–Crippen MR) is 83.1 cm³/mol. The van der Waals surface area contributed by atoms with Gasteiger partial charge in [-0.3, -0.25) is 0 Å². The van der Waals surface area contributed by atoms with E-state index in [4.69, 9.17) is 0 Å². The monoisotopic (exact) mass is 430 g/mol. The number of halogens is 2. The topological polar surface area (TPSA) is 7.76 Å². The molecule has 0 unspecified atom stereocenters. The van der Waals surface area contributed by atoms with Gasteiger partial charge in [-0.2, -0.15) is 0 Å². The standard InChI is InChI=1S/2C9H14N.2BrH/c2*1-2-3-7-10-8-5-4-6-9-10;;/h2*4-6,8-9H,2-3,7H2,1H3;2*1H/q2*+1;;/p-2. The summed E-state index contributed by atoms with van der Waals surface area (Å²) in [4.78, 5) is 0. The summed E-state index contributed by atoms with van der Waals surface area (Å²) in [6.07, 6.45) is 13.5. The number of aryl methyl sites for hydroxylation is 2. The third-order valence-electron chi connectivity index (χ3n) is 3.09. The minimum atomic E-state index is 0. The molecule has 124 valence electrons. The van der Waals surface area contributed by atoms with Gasteiger partial charge in [-0.05, 0) is 0 Å². The van der Waals surface area contributed by atoms with Crippen molar-refractivity contribution >= 4 is 0 Å². The Balaban J connectivity index is 0. The SMILES string of the molecule is CCCC[n+]1ccccc1.CCCC[n+]1ccccc1.[Br-].[Br-]. The van der Waals surface area contributed by atoms with E-state index in [1.165, 1.54) is 25.7 Å². The molecule has 0 N–H and O–H groups in total. The summed E-state index contributed by atoms with van der Waals surface area (Å²) in [5.74, 6) is 0. The molecule has 0 saturated heterocycles. The molecular weight excluding hydrogens is 404 g/mol. The molecule has 0 saturated carbocycles. The summed E-state index contributed by atoms with van der Waals surface area (Å²) in [6.45, 7) is 6.72. The van der Waals surface area contributed by atoms with Crippen molar-refractivity contribution in [3.8, 4) is 0 Å². The second kappa shape index (κ2) is 16.6. The Bertz CT molecular complexity index is 392. The molecule has 2 aromatic heterocycles. The molecule has 0 fully saturated rings. The molecule has 2 aromatic rings. The number of pyridine rings is 2. The third kappa shape index (κ3) is 11.9. The quantitative estimate of drug-likeness (QED) is 0.449. The van der Waals surface area contributed by atoms with E-state index in [1.807, 2.05) is 12.1 Å². The van der Waals surface area contributed by atoms with Crippen LogP contribution < -0.4 is 43.1 Å². The van der Waals surface area contributed by atoms with Crippen LogP contribution >= 0.6 is 0 Å². The highest BCUT2D eigenvalue weighted by molar-refractivity contribution is 4.84. The van der Waals surface area contributed by atoms with Gasteiger partial charge < -0.3 is 34.0 Å². The molecule has 4 heteroatoms. The molecule has 0 radical (unpaired) electrons. The van der Waals surface area contributed by atoms with Crippen molar-refractivity contribution < 1.29 is 43.1 Å². The Hall–Kier alpha value is -0.740. The van der Waals surface area contributed by atoms with Crippen molar-refractivity contribution in [2.45, 2.75) is 52.6 Å². The average molecular weight is 432 g/mol. The largest absolute Gasteiger partial charge is 1.00 e. The van der Waals surface area contributed by atoms with E-state index in [2.05, 4.69) is 72.0 Å². The van der Waals surface area contributed by atoms with Crippen LogP contribution in [0.25, 0.3) is 0 Å². The van der Waals surface area contributed by atoms with Crippen LogP contribution in [0.4, 0.5) is 0 Å². The Labute approximate surface area is 156 Å². The van der Waals surface area contributed by atoms with Crippen LogP contribution in [0, 0.1) is 0 Å². The van der Waals surface area contributed by atoms with Crippen LogP contribution in [0.5, 0.6) is 0 Å². The molecule has 0 bridgehead atoms. The van der Waals surface area contributed by atoms with Crippen molar-refractivity contribution in [2.75, 3.05) is 0 Å². The molecule has 22 heavy (non-hydrogen) atoms. The van der Waals surface area contributed by atoms with Crippen molar-refractivity contribution in [3.63, 3.8) is 0 Å². The van der Waals surface area contributed by atoms with Gasteiger partial charge in [0.1, 0.15) is 13.1 Å². The first kappa shape index (κ1) is 23.5. The third-order valence-corrected chi connectivity index (χ3v) is 3.09. The molecule has 0 atom stereocenters. The maximum Gasteiger partial charge on any atom is 0.168 e. The fourth-order valence-electron chi connectivity index (χ4n) is 1.85. The lowest BCUT2D eigenvalue weighted by Gasteiger charge is -1.91. The van der Waals surface area contributed by atoms with Crippen molar-refractivity contribution in [2.24, 2.45) is 0 Å². The number of nitrogens with zero attached hydrogens (tertiary/aromatic N) is 2. The highest BCUT2D eigenvalue weighted by Crippen LogP contribution is 1.86. The lowest BCUT2D eigenvalue weighted by atomic mass is 10.3. The molecule has 0 aromatic carbocycles. The van der Waals surface area contributed by atoms with Crippen molar-refractivity contribution in [3.05, 3.63) is 61.2 Å². The summed E-state index contributed by atoms with van der Waals surface area (Å²) in [7, 11) is 0. The molecule has 2 heterocycles. The number of aromatic nitrogens is 2. The molecule has 0 amide bonds. The van der Waals surface area contributed by atoms with Gasteiger partial charge in [-0.25, -0.2) is 9.13 Å². The van der Waals surface area contributed by atoms with Gasteiger partial charge in [-0.1, -0.05) is 38.8 Å². The first-order valence-electron chi connectivity index (χ1n) is 7.75. The van der Waals surface area contributed by atoms with E-state index >= 15 is 0 Å². The van der Waals surface area contributed by atoms with E-state index < -0.39 is 0 Å². The Morgan fingerprint density at radius 2 is 0.864 bits per heavy atom. The lowest BCUT2D eigenvalue weighted by molar-refractivity contribution is -0.697. The van der Waals surface area contributed by atoms with Gasteiger partial charge in [0.05, 0.1) is 0 Å². The number of rotatable bonds is 6. The van der Waals surface area contributed by atoms with Crippen molar-refractivity contribution in [1.29, 1.82) is 0 Å². The molecule has 2 rings (SSSR count). The highest BCUT2D eigenvalue weighted by atomic mass is 79.9. The Morgan fingerprint density at radius 1 is 0.545 bits per heavy atom. The molecule has 0 spiro atoms. The lowest BCUT2D eigenvalue weighted by Crippen LogP contribution is -3.00. The molecular formula is C18H28Br2N2. The number of hydrogen-bond donors (Lipinski definition) is 0. The summed E-state index contributed by atoms with van der Waals surface area (Å²) in [5.41, 5.74) is 0. The maximum atomic E-state index is 2.21. The van der Waals surface area contributed by atoms with Gasteiger partial charge in [-0.15, -0.1) is 0 Å². The fourth-order valence-corrected chi connectivity index (χ4v) is 1.85. The van der Waals surface area contributed by atoms with Crippen LogP contribution in [0.15, 0.2) is 61.2 Å². The van der Waals surface area contributed by atoms with Gasteiger partial charge >= 0.3 is 0 Å². The highest BCUT2D eigenvalue weighted by Gasteiger charge is 1.94. The van der Waals surface area contributed by atoms with E-state index in [0.717, 1.165) is 13.1 Å². The van der Waals surface area contributed by atoms with E-state index in [9.17, 15) is 0 Å². The first-order valence-corrected chi connectivity index (χ1v) is 7.75. The van der Waals surface area contributed by atoms with E-state index in [0.29, 0.717) is 0 Å². The number of unbranched alkanes of at least 4 members (excludes halogenated alkanes) is 2. The minimum Gasteiger partial charge on any atom is -1.00 e. The maximum absolute atomic E-state index is 2.21. The average Bonchev–Trinajstić information content (AvgIpc) is 2.53. The summed E-state index contributed by atoms with van der Waals surface area (Å²) in [5, 5.41) is 0. The van der Waals surface area contributed by atoms with Crippen LogP contribution in [0.2, 0.25) is 0 Å². The Kier molecular flexibility index (Phi) is 17.8. The second-order valence-corrected chi connectivity index (χ2v) is 4.93. The molecule has 0 aliphatic rings. The minimum absolute atomic E-state index is 0. The van der Waals surface area contributed by atoms with Crippen LogP contribution in [0.1, 0.15) is 39.5 Å². The first-order chi connectivity index (χ1) is 9.86. The molecule has 2 nitrogen and oxygen atoms in total. The van der Waals surface area contributed by atoms with Gasteiger partial charge in [0.2, 0.25) is 0 Å². The fraction of sp³-hybridized carbons (Fsp3) is 0.444. The van der Waals surface area contributed by atoms with Crippen LogP contribution in [-0.2, 0) is 13.1 Å². The number of hydrogen-bond acceptors (Lipinski definition) is 0. The summed E-state index contributed by atoms with van der Waals surface area (Å²) >= 11 is 0. The zero-order valence-corrected chi connectivity index (χ0v) is 16.8. The van der Waals surface area contributed by atoms with Gasteiger partial charge in [0.25, 0.3) is 0 Å². The van der Waals surface area contributed by atoms with Crippen molar-refractivity contribution in [1.82, 2.24) is 0 Å². The smallest absolute Gasteiger partial charge is 0.168 e. The summed E-state index contributed by atoms with van der Waals surface area (Å²) < 4.78 is 4.42. The van der Waals surface area contributed by atoms with Gasteiger partial charge in [0.15, 0.2) is 24.8 Å². The van der Waals surface area contributed by atoms with Crippen LogP contribution in [-0.4, -0.2) is 0 Å². The zero-order chi connectivity index (χ0) is 14.5. The van der Waals surface area contributed by atoms with E-state index in [1.54, 1.807) is 0 Å². The molecule has 0 aliphatic heterocycles. The van der Waals surface area contributed by atoms with Gasteiger partial charge in [0, 0.05) is 37.1 Å². The normalized spacial score (nSPS) is 8.82. The van der Waals surface area contributed by atoms with E-state index in [-0.39, 0.29) is 34.0 Å². The zero-order valence-electron chi connectivity index (χ0n) is 13.7. The predicted octanol–water partition coefficient (Wildman–Crippen LogP) is -2.44.